The normalized spacial score (nSPS) is 11.8. The van der Waals surface area contributed by atoms with Gasteiger partial charge in [0.15, 0.2) is 0 Å². The lowest BCUT2D eigenvalue weighted by Crippen LogP contribution is -1.99. The maximum absolute atomic E-state index is 7.13. The number of hydrogen-bond acceptors (Lipinski definition) is 2. The number of benzene rings is 11. The molecule has 310 valence electrons. The highest BCUT2D eigenvalue weighted by molar-refractivity contribution is 6.27. The van der Waals surface area contributed by atoms with E-state index in [2.05, 4.69) is 240 Å². The van der Waals surface area contributed by atoms with E-state index in [1.54, 1.807) is 0 Å². The van der Waals surface area contributed by atoms with Crippen LogP contribution >= 0.6 is 0 Å². The molecular formula is C62H42N4. The molecule has 0 radical (unpaired) electrons. The molecule has 2 aromatic heterocycles. The van der Waals surface area contributed by atoms with E-state index in [1.807, 2.05) is 0 Å². The van der Waals surface area contributed by atoms with Crippen molar-refractivity contribution in [2.45, 2.75) is 0 Å². The van der Waals surface area contributed by atoms with Gasteiger partial charge in [-0.1, -0.05) is 170 Å². The Labute approximate surface area is 381 Å². The Morgan fingerprint density at radius 2 is 0.500 bits per heavy atom. The van der Waals surface area contributed by atoms with E-state index in [0.29, 0.717) is 11.4 Å². The number of hydrogen-bond donors (Lipinski definition) is 2. The molecule has 13 rings (SSSR count). The van der Waals surface area contributed by atoms with Crippen LogP contribution in [0.2, 0.25) is 0 Å². The van der Waals surface area contributed by atoms with E-state index >= 15 is 0 Å². The van der Waals surface area contributed by atoms with Crippen molar-refractivity contribution in [2.24, 2.45) is 0 Å². The van der Waals surface area contributed by atoms with Gasteiger partial charge >= 0.3 is 0 Å². The molecular weight excluding hydrogens is 801 g/mol. The number of nitrogens with two attached hydrogens (primary N) is 2. The van der Waals surface area contributed by atoms with Crippen LogP contribution in [0, 0.1) is 0 Å². The molecule has 0 aliphatic rings. The van der Waals surface area contributed by atoms with Crippen molar-refractivity contribution in [1.29, 1.82) is 0 Å². The van der Waals surface area contributed by atoms with Gasteiger partial charge in [-0.25, -0.2) is 0 Å². The molecule has 0 saturated heterocycles. The van der Waals surface area contributed by atoms with Crippen molar-refractivity contribution in [3.8, 4) is 55.9 Å². The molecule has 4 nitrogen and oxygen atoms in total. The van der Waals surface area contributed by atoms with Crippen LogP contribution in [0.25, 0.3) is 121 Å². The minimum Gasteiger partial charge on any atom is -0.397 e. The van der Waals surface area contributed by atoms with Crippen molar-refractivity contribution in [3.63, 3.8) is 0 Å². The van der Waals surface area contributed by atoms with Crippen molar-refractivity contribution < 1.29 is 0 Å². The van der Waals surface area contributed by atoms with Crippen molar-refractivity contribution in [3.05, 3.63) is 231 Å². The van der Waals surface area contributed by atoms with E-state index in [-0.39, 0.29) is 0 Å². The molecule has 0 amide bonds. The first-order valence-electron chi connectivity index (χ1n) is 22.5. The van der Waals surface area contributed by atoms with Gasteiger partial charge < -0.3 is 20.6 Å². The summed E-state index contributed by atoms with van der Waals surface area (Å²) in [7, 11) is 0. The molecule has 0 fully saturated rings. The summed E-state index contributed by atoms with van der Waals surface area (Å²) in [5, 5.41) is 8.77. The van der Waals surface area contributed by atoms with E-state index in [4.69, 9.17) is 11.5 Å². The van der Waals surface area contributed by atoms with Crippen LogP contribution < -0.4 is 11.5 Å². The predicted octanol–water partition coefficient (Wildman–Crippen LogP) is 16.0. The Bertz CT molecular complexity index is 3730. The lowest BCUT2D eigenvalue weighted by atomic mass is 9.95. The third-order valence-electron chi connectivity index (χ3n) is 13.7. The Morgan fingerprint density at radius 3 is 0.848 bits per heavy atom. The fraction of sp³-hybridized carbons (Fsp3) is 0. The van der Waals surface area contributed by atoms with Crippen LogP contribution in [-0.4, -0.2) is 9.13 Å². The van der Waals surface area contributed by atoms with Crippen LogP contribution in [0.4, 0.5) is 11.4 Å². The zero-order valence-corrected chi connectivity index (χ0v) is 36.0. The van der Waals surface area contributed by atoms with Crippen LogP contribution in [0.5, 0.6) is 0 Å². The van der Waals surface area contributed by atoms with Gasteiger partial charge in [0.2, 0.25) is 0 Å². The summed E-state index contributed by atoms with van der Waals surface area (Å²) in [6, 6.07) is 82.9. The topological polar surface area (TPSA) is 61.9 Å². The minimum absolute atomic E-state index is 0.593. The average Bonchev–Trinajstić information content (AvgIpc) is 3.89. The molecule has 0 bridgehead atoms. The number of aromatic nitrogens is 2. The van der Waals surface area contributed by atoms with E-state index in [0.717, 1.165) is 55.0 Å². The van der Waals surface area contributed by atoms with Crippen molar-refractivity contribution in [2.75, 3.05) is 11.5 Å². The third kappa shape index (κ3) is 5.93. The lowest BCUT2D eigenvalue weighted by Gasteiger charge is -2.15. The first-order chi connectivity index (χ1) is 32.6. The van der Waals surface area contributed by atoms with Gasteiger partial charge in [0.05, 0.1) is 33.4 Å². The number of anilines is 2. The van der Waals surface area contributed by atoms with Gasteiger partial charge in [0.1, 0.15) is 0 Å². The Hall–Kier alpha value is -8.86. The molecule has 0 spiro atoms. The van der Waals surface area contributed by atoms with Gasteiger partial charge in [0.25, 0.3) is 0 Å². The summed E-state index contributed by atoms with van der Waals surface area (Å²) in [4.78, 5) is 0. The highest BCUT2D eigenvalue weighted by Crippen LogP contribution is 2.45. The highest BCUT2D eigenvalue weighted by atomic mass is 15.0. The average molecular weight is 843 g/mol. The summed E-state index contributed by atoms with van der Waals surface area (Å²) in [6.45, 7) is 0. The second kappa shape index (κ2) is 14.9. The molecule has 13 aromatic rings. The number of fused-ring (bicyclic) bond motifs is 9. The summed E-state index contributed by atoms with van der Waals surface area (Å²) in [5.74, 6) is 0. The van der Waals surface area contributed by atoms with Gasteiger partial charge in [0, 0.05) is 43.7 Å². The van der Waals surface area contributed by atoms with Crippen molar-refractivity contribution >= 4 is 76.5 Å². The summed E-state index contributed by atoms with van der Waals surface area (Å²) in [5.41, 5.74) is 31.6. The molecule has 0 unspecified atom stereocenters. The smallest absolute Gasteiger partial charge is 0.0634 e. The monoisotopic (exact) mass is 842 g/mol. The minimum atomic E-state index is 0.593. The Morgan fingerprint density at radius 1 is 0.212 bits per heavy atom. The number of nitrogens with zero attached hydrogens (tertiary/aromatic N) is 2. The highest BCUT2D eigenvalue weighted by Gasteiger charge is 2.20. The third-order valence-corrected chi connectivity index (χ3v) is 13.7. The second-order valence-corrected chi connectivity index (χ2v) is 17.3. The zero-order chi connectivity index (χ0) is 43.9. The van der Waals surface area contributed by atoms with E-state index in [1.165, 1.54) is 66.1 Å². The van der Waals surface area contributed by atoms with Gasteiger partial charge in [-0.05, 0) is 116 Å². The van der Waals surface area contributed by atoms with Gasteiger partial charge in [-0.2, -0.15) is 0 Å². The molecule has 0 saturated carbocycles. The molecule has 4 heteroatoms. The summed E-state index contributed by atoms with van der Waals surface area (Å²) < 4.78 is 4.71. The largest absolute Gasteiger partial charge is 0.397 e. The maximum Gasteiger partial charge on any atom is 0.0634 e. The zero-order valence-electron chi connectivity index (χ0n) is 36.0. The van der Waals surface area contributed by atoms with Crippen molar-refractivity contribution in [1.82, 2.24) is 9.13 Å². The maximum atomic E-state index is 7.13. The number of nitrogen functional groups attached to an aromatic ring is 2. The number of para-hydroxylation sites is 2. The fourth-order valence-electron chi connectivity index (χ4n) is 10.3. The fourth-order valence-corrected chi connectivity index (χ4v) is 10.3. The van der Waals surface area contributed by atoms with E-state index < -0.39 is 0 Å². The van der Waals surface area contributed by atoms with Gasteiger partial charge in [-0.3, -0.25) is 0 Å². The van der Waals surface area contributed by atoms with Crippen LogP contribution in [0.3, 0.4) is 0 Å². The standard InChI is InChI=1S/C62H42N4/c63-61-55-37-59-53(49-15-7-9-17-57(49)65(59)47-31-27-45(28-32-47)43-23-19-41(20-24-43)39-11-3-1-4-12-39)35-51(55)52-36-54-50-16-8-10-18-58(50)66(60(54)38-56(52)62(61)64)48-33-29-46(30-34-48)44-25-21-42(22-26-44)40-13-5-2-6-14-40/h1-38H,63-64H2. The SMILES string of the molecule is Nc1c(N)c2cc3c(cc2c2cc4c5ccccc5n(-c5ccc(-c6ccc(-c7ccccc7)cc6)cc5)c4cc12)c1ccccc1n3-c1ccc(-c2ccc(-c3ccccc3)cc2)cc1. The number of rotatable bonds is 6. The molecule has 11 aromatic carbocycles. The molecule has 0 aliphatic heterocycles. The van der Waals surface area contributed by atoms with E-state index in [9.17, 15) is 0 Å². The Balaban J connectivity index is 0.925. The van der Waals surface area contributed by atoms with Crippen LogP contribution in [0.15, 0.2) is 231 Å². The molecule has 0 atom stereocenters. The summed E-state index contributed by atoms with van der Waals surface area (Å²) in [6.07, 6.45) is 0. The lowest BCUT2D eigenvalue weighted by molar-refractivity contribution is 1.18. The Kier molecular flexibility index (Phi) is 8.49. The molecule has 66 heavy (non-hydrogen) atoms. The molecule has 0 aliphatic carbocycles. The summed E-state index contributed by atoms with van der Waals surface area (Å²) >= 11 is 0. The molecule has 4 N–H and O–H groups in total. The predicted molar refractivity (Wildman–Crippen MR) is 281 cm³/mol. The first kappa shape index (κ1) is 37.7. The first-order valence-corrected chi connectivity index (χ1v) is 22.5. The van der Waals surface area contributed by atoms with Crippen LogP contribution in [-0.2, 0) is 0 Å². The van der Waals surface area contributed by atoms with Gasteiger partial charge in [-0.15, -0.1) is 0 Å². The second-order valence-electron chi connectivity index (χ2n) is 17.3. The molecule has 2 heterocycles. The quantitative estimate of drug-likeness (QED) is 0.0995. The van der Waals surface area contributed by atoms with Crippen LogP contribution in [0.1, 0.15) is 0 Å².